The summed E-state index contributed by atoms with van der Waals surface area (Å²) in [7, 11) is -4.06. The molecule has 196 valence electrons. The maximum atomic E-state index is 13.9. The van der Waals surface area contributed by atoms with Gasteiger partial charge in [-0.05, 0) is 43.0 Å². The van der Waals surface area contributed by atoms with Gasteiger partial charge >= 0.3 is 0 Å². The third-order valence-electron chi connectivity index (χ3n) is 6.26. The summed E-state index contributed by atoms with van der Waals surface area (Å²) < 4.78 is 53.1. The van der Waals surface area contributed by atoms with Crippen LogP contribution < -0.4 is 9.62 Å². The molecule has 0 aromatic heterocycles. The number of anilines is 1. The molecule has 2 aromatic rings. The lowest BCUT2D eigenvalue weighted by atomic mass is 10.1. The summed E-state index contributed by atoms with van der Waals surface area (Å²) in [6.07, 6.45) is 4.89. The van der Waals surface area contributed by atoms with E-state index in [1.807, 2.05) is 0 Å². The highest BCUT2D eigenvalue weighted by Gasteiger charge is 2.33. The summed E-state index contributed by atoms with van der Waals surface area (Å²) in [5.41, 5.74) is 0.379. The zero-order chi connectivity index (χ0) is 26.5. The fourth-order valence-electron chi connectivity index (χ4n) is 4.35. The lowest BCUT2D eigenvalue weighted by molar-refractivity contribution is -0.140. The van der Waals surface area contributed by atoms with Gasteiger partial charge < -0.3 is 10.2 Å². The average molecular weight is 542 g/mol. The minimum absolute atomic E-state index is 0.0264. The first-order valence-electron chi connectivity index (χ1n) is 11.8. The van der Waals surface area contributed by atoms with Crippen LogP contribution >= 0.6 is 11.6 Å². The number of rotatable bonds is 10. The molecule has 36 heavy (non-hydrogen) atoms. The van der Waals surface area contributed by atoms with E-state index < -0.39 is 40.2 Å². The van der Waals surface area contributed by atoms with E-state index in [1.54, 1.807) is 31.2 Å². The molecule has 1 saturated carbocycles. The van der Waals surface area contributed by atoms with Crippen LogP contribution in [0.2, 0.25) is 5.02 Å². The number of carbonyl (C=O) groups excluding carboxylic acids is 2. The van der Waals surface area contributed by atoms with E-state index in [2.05, 4.69) is 5.32 Å². The van der Waals surface area contributed by atoms with Crippen molar-refractivity contribution >= 4 is 39.1 Å². The maximum absolute atomic E-state index is 13.9. The number of benzene rings is 2. The second-order valence-corrected chi connectivity index (χ2v) is 11.2. The van der Waals surface area contributed by atoms with Crippen molar-refractivity contribution in [2.24, 2.45) is 0 Å². The van der Waals surface area contributed by atoms with E-state index >= 15 is 0 Å². The van der Waals surface area contributed by atoms with Crippen LogP contribution in [0.25, 0.3) is 0 Å². The van der Waals surface area contributed by atoms with Gasteiger partial charge in [0.1, 0.15) is 12.6 Å². The highest BCUT2D eigenvalue weighted by Crippen LogP contribution is 2.24. The van der Waals surface area contributed by atoms with Crippen molar-refractivity contribution in [2.45, 2.75) is 57.7 Å². The van der Waals surface area contributed by atoms with Crippen LogP contribution in [0.4, 0.5) is 14.5 Å². The number of nitrogens with zero attached hydrogens (tertiary/aromatic N) is 2. The van der Waals surface area contributed by atoms with Crippen molar-refractivity contribution in [1.82, 2.24) is 10.2 Å². The molecule has 0 spiro atoms. The molecular weight excluding hydrogens is 512 g/mol. The second-order valence-electron chi connectivity index (χ2n) is 8.90. The Balaban J connectivity index is 1.94. The maximum Gasteiger partial charge on any atom is 0.244 e. The van der Waals surface area contributed by atoms with E-state index in [0.717, 1.165) is 44.1 Å². The number of carbonyl (C=O) groups is 2. The van der Waals surface area contributed by atoms with E-state index in [9.17, 15) is 26.8 Å². The van der Waals surface area contributed by atoms with Gasteiger partial charge in [0.05, 0.1) is 11.9 Å². The molecule has 2 amide bonds. The molecule has 0 aliphatic heterocycles. The second kappa shape index (κ2) is 12.0. The molecule has 1 N–H and O–H groups in total. The van der Waals surface area contributed by atoms with Gasteiger partial charge in [-0.1, -0.05) is 49.6 Å². The van der Waals surface area contributed by atoms with Crippen LogP contribution in [0.15, 0.2) is 42.5 Å². The first-order chi connectivity index (χ1) is 17.0. The normalized spacial score (nSPS) is 14.9. The molecule has 1 fully saturated rings. The Hall–Kier alpha value is -2.72. The van der Waals surface area contributed by atoms with Crippen molar-refractivity contribution in [2.75, 3.05) is 17.1 Å². The molecule has 1 aliphatic rings. The van der Waals surface area contributed by atoms with E-state index in [0.29, 0.717) is 21.0 Å². The standard InChI is InChI=1S/C25H30ClF2N3O4S/c1-3-23(25(33)29-18-9-5-6-10-18)30(15-17-8-4-7-11-20(17)26)24(32)16-31(36(2,34)35)19-12-13-21(27)22(28)14-19/h4,7-8,11-14,18,23H,3,5-6,9-10,15-16H2,1-2H3,(H,29,33)/t23-/m0/s1. The Morgan fingerprint density at radius 1 is 1.11 bits per heavy atom. The zero-order valence-corrected chi connectivity index (χ0v) is 21.8. The summed E-state index contributed by atoms with van der Waals surface area (Å²) in [6, 6.07) is 8.57. The molecule has 0 radical (unpaired) electrons. The van der Waals surface area contributed by atoms with Crippen molar-refractivity contribution in [1.29, 1.82) is 0 Å². The SMILES string of the molecule is CC[C@@H](C(=O)NC1CCCC1)N(Cc1ccccc1Cl)C(=O)CN(c1ccc(F)c(F)c1)S(C)(=O)=O. The minimum atomic E-state index is -4.06. The fourth-order valence-corrected chi connectivity index (χ4v) is 5.39. The number of halogens is 3. The fraction of sp³-hybridized carbons (Fsp3) is 0.440. The summed E-state index contributed by atoms with van der Waals surface area (Å²) in [5, 5.41) is 3.40. The third kappa shape index (κ3) is 6.94. The lowest BCUT2D eigenvalue weighted by Gasteiger charge is -2.33. The Morgan fingerprint density at radius 2 is 1.78 bits per heavy atom. The lowest BCUT2D eigenvalue weighted by Crippen LogP contribution is -2.53. The summed E-state index contributed by atoms with van der Waals surface area (Å²) in [5.74, 6) is -3.40. The Morgan fingerprint density at radius 3 is 2.36 bits per heavy atom. The predicted octanol–water partition coefficient (Wildman–Crippen LogP) is 4.25. The van der Waals surface area contributed by atoms with Gasteiger partial charge in [-0.2, -0.15) is 0 Å². The number of hydrogen-bond donors (Lipinski definition) is 1. The topological polar surface area (TPSA) is 86.8 Å². The van der Waals surface area contributed by atoms with Crippen LogP contribution in [0, 0.1) is 11.6 Å². The van der Waals surface area contributed by atoms with Gasteiger partial charge in [0, 0.05) is 23.7 Å². The average Bonchev–Trinajstić information content (AvgIpc) is 3.32. The van der Waals surface area contributed by atoms with Gasteiger partial charge in [0.25, 0.3) is 0 Å². The van der Waals surface area contributed by atoms with Crippen LogP contribution in [0.5, 0.6) is 0 Å². The van der Waals surface area contributed by atoms with Crippen molar-refractivity contribution in [3.05, 3.63) is 64.7 Å². The van der Waals surface area contributed by atoms with Crippen molar-refractivity contribution in [3.8, 4) is 0 Å². The van der Waals surface area contributed by atoms with Gasteiger partial charge in [0.15, 0.2) is 11.6 Å². The van der Waals surface area contributed by atoms with Crippen LogP contribution in [0.1, 0.15) is 44.6 Å². The first-order valence-corrected chi connectivity index (χ1v) is 14.0. The van der Waals surface area contributed by atoms with E-state index in [1.165, 1.54) is 4.90 Å². The largest absolute Gasteiger partial charge is 0.352 e. The molecule has 0 heterocycles. The molecule has 1 aliphatic carbocycles. The highest BCUT2D eigenvalue weighted by molar-refractivity contribution is 7.92. The third-order valence-corrected chi connectivity index (χ3v) is 7.77. The van der Waals surface area contributed by atoms with Gasteiger partial charge in [-0.3, -0.25) is 13.9 Å². The molecule has 2 aromatic carbocycles. The molecule has 3 rings (SSSR count). The van der Waals surface area contributed by atoms with Crippen LogP contribution in [-0.2, 0) is 26.2 Å². The molecule has 1 atom stereocenters. The summed E-state index contributed by atoms with van der Waals surface area (Å²) in [6.45, 7) is 1.02. The monoisotopic (exact) mass is 541 g/mol. The Labute approximate surface area is 215 Å². The number of sulfonamides is 1. The highest BCUT2D eigenvalue weighted by atomic mass is 35.5. The molecule has 11 heteroatoms. The Kier molecular flexibility index (Phi) is 9.30. The van der Waals surface area contributed by atoms with Crippen LogP contribution in [0.3, 0.4) is 0 Å². The summed E-state index contributed by atoms with van der Waals surface area (Å²) >= 11 is 6.32. The number of hydrogen-bond acceptors (Lipinski definition) is 4. The number of nitrogens with one attached hydrogen (secondary N) is 1. The molecule has 0 unspecified atom stereocenters. The Bertz CT molecular complexity index is 1210. The molecule has 0 saturated heterocycles. The molecule has 7 nitrogen and oxygen atoms in total. The first kappa shape index (κ1) is 27.9. The van der Waals surface area contributed by atoms with Gasteiger partial charge in [-0.25, -0.2) is 17.2 Å². The molecular formula is C25H30ClF2N3O4S. The predicted molar refractivity (Wildman–Crippen MR) is 135 cm³/mol. The van der Waals surface area contributed by atoms with E-state index in [4.69, 9.17) is 11.6 Å². The number of amides is 2. The zero-order valence-electron chi connectivity index (χ0n) is 20.2. The quantitative estimate of drug-likeness (QED) is 0.487. The van der Waals surface area contributed by atoms with Crippen molar-refractivity contribution < 1.29 is 26.8 Å². The van der Waals surface area contributed by atoms with Crippen LogP contribution in [-0.4, -0.2) is 50.0 Å². The van der Waals surface area contributed by atoms with Gasteiger partial charge in [0.2, 0.25) is 21.8 Å². The minimum Gasteiger partial charge on any atom is -0.352 e. The van der Waals surface area contributed by atoms with Gasteiger partial charge in [-0.15, -0.1) is 0 Å². The van der Waals surface area contributed by atoms with Crippen molar-refractivity contribution in [3.63, 3.8) is 0 Å². The van der Waals surface area contributed by atoms with E-state index in [-0.39, 0.29) is 30.6 Å². The smallest absolute Gasteiger partial charge is 0.244 e. The molecule has 0 bridgehead atoms. The summed E-state index contributed by atoms with van der Waals surface area (Å²) in [4.78, 5) is 28.1.